The largest absolute Gasteiger partial charge is 0.495 e. The van der Waals surface area contributed by atoms with E-state index in [0.29, 0.717) is 29.5 Å². The Bertz CT molecular complexity index is 634. The summed E-state index contributed by atoms with van der Waals surface area (Å²) >= 11 is 5.95. The van der Waals surface area contributed by atoms with Gasteiger partial charge in [-0.3, -0.25) is 14.5 Å². The lowest BCUT2D eigenvalue weighted by molar-refractivity contribution is -0.131. The summed E-state index contributed by atoms with van der Waals surface area (Å²) in [6, 6.07) is 4.98. The van der Waals surface area contributed by atoms with Crippen LogP contribution in [-0.4, -0.2) is 62.0 Å². The van der Waals surface area contributed by atoms with E-state index in [1.165, 1.54) is 7.11 Å². The molecule has 6 nitrogen and oxygen atoms in total. The van der Waals surface area contributed by atoms with E-state index >= 15 is 0 Å². The van der Waals surface area contributed by atoms with Gasteiger partial charge in [0.2, 0.25) is 11.8 Å². The quantitative estimate of drug-likeness (QED) is 0.681. The fourth-order valence-corrected chi connectivity index (χ4v) is 2.47. The number of rotatable bonds is 9. The summed E-state index contributed by atoms with van der Waals surface area (Å²) in [6.45, 7) is 8.98. The van der Waals surface area contributed by atoms with Crippen LogP contribution < -0.4 is 10.1 Å². The fourth-order valence-electron chi connectivity index (χ4n) is 2.30. The second kappa shape index (κ2) is 10.1. The molecule has 7 heteroatoms. The summed E-state index contributed by atoms with van der Waals surface area (Å²) < 4.78 is 5.20. The van der Waals surface area contributed by atoms with Crippen LogP contribution in [0.1, 0.15) is 13.8 Å². The van der Waals surface area contributed by atoms with Crippen molar-refractivity contribution in [1.82, 2.24) is 9.80 Å². The first kappa shape index (κ1) is 21.0. The third-order valence-electron chi connectivity index (χ3n) is 3.45. The fraction of sp³-hybridized carbons (Fsp3) is 0.444. The smallest absolute Gasteiger partial charge is 0.238 e. The van der Waals surface area contributed by atoms with Gasteiger partial charge >= 0.3 is 0 Å². The van der Waals surface area contributed by atoms with Gasteiger partial charge in [-0.2, -0.15) is 0 Å². The Hall–Kier alpha value is -2.05. The third kappa shape index (κ3) is 7.15. The molecular weight excluding hydrogens is 342 g/mol. The number of hydrogen-bond donors (Lipinski definition) is 1. The first-order chi connectivity index (χ1) is 11.8. The van der Waals surface area contributed by atoms with E-state index in [4.69, 9.17) is 16.3 Å². The number of anilines is 1. The van der Waals surface area contributed by atoms with Crippen molar-refractivity contribution in [2.45, 2.75) is 13.8 Å². The van der Waals surface area contributed by atoms with Gasteiger partial charge in [0.1, 0.15) is 5.75 Å². The second-order valence-electron chi connectivity index (χ2n) is 5.93. The summed E-state index contributed by atoms with van der Waals surface area (Å²) in [4.78, 5) is 27.9. The van der Waals surface area contributed by atoms with E-state index in [2.05, 4.69) is 11.9 Å². The highest BCUT2D eigenvalue weighted by atomic mass is 35.5. The zero-order valence-corrected chi connectivity index (χ0v) is 16.0. The zero-order chi connectivity index (χ0) is 19.0. The maximum atomic E-state index is 12.3. The second-order valence-corrected chi connectivity index (χ2v) is 6.37. The van der Waals surface area contributed by atoms with Crippen molar-refractivity contribution in [3.8, 4) is 5.75 Å². The summed E-state index contributed by atoms with van der Waals surface area (Å²) in [5, 5.41) is 3.25. The minimum atomic E-state index is -0.251. The van der Waals surface area contributed by atoms with Crippen LogP contribution in [0.15, 0.2) is 30.4 Å². The highest BCUT2D eigenvalue weighted by Gasteiger charge is 2.16. The van der Waals surface area contributed by atoms with Crippen LogP contribution in [0.3, 0.4) is 0 Å². The Kier molecular flexibility index (Phi) is 8.45. The standard InChI is InChI=1S/C18H26ClN3O3/c1-6-22(10-13(2)3)18(24)12-21(4)11-17(23)20-15-9-14(19)7-8-16(15)25-5/h7-9H,2,6,10-12H2,1,3-5H3,(H,20,23). The molecule has 0 bridgehead atoms. The zero-order valence-electron chi connectivity index (χ0n) is 15.3. The molecule has 0 saturated heterocycles. The van der Waals surface area contributed by atoms with Crippen LogP contribution in [0.5, 0.6) is 5.75 Å². The Morgan fingerprint density at radius 1 is 1.28 bits per heavy atom. The number of benzene rings is 1. The van der Waals surface area contributed by atoms with E-state index in [0.717, 1.165) is 5.57 Å². The summed E-state index contributed by atoms with van der Waals surface area (Å²) in [7, 11) is 3.24. The molecule has 1 rings (SSSR count). The molecule has 0 atom stereocenters. The van der Waals surface area contributed by atoms with Crippen molar-refractivity contribution in [2.24, 2.45) is 0 Å². The number of nitrogens with zero attached hydrogens (tertiary/aromatic N) is 2. The number of halogens is 1. The molecule has 138 valence electrons. The summed E-state index contributed by atoms with van der Waals surface area (Å²) in [6.07, 6.45) is 0. The van der Waals surface area contributed by atoms with Crippen LogP contribution in [-0.2, 0) is 9.59 Å². The number of ether oxygens (including phenoxy) is 1. The first-order valence-electron chi connectivity index (χ1n) is 8.00. The molecule has 0 radical (unpaired) electrons. The summed E-state index contributed by atoms with van der Waals surface area (Å²) in [5.74, 6) is 0.232. The normalized spacial score (nSPS) is 10.5. The molecule has 0 spiro atoms. The molecule has 0 aliphatic rings. The predicted octanol–water partition coefficient (Wildman–Crippen LogP) is 2.64. The predicted molar refractivity (Wildman–Crippen MR) is 101 cm³/mol. The Morgan fingerprint density at radius 3 is 2.52 bits per heavy atom. The number of amides is 2. The average Bonchev–Trinajstić information content (AvgIpc) is 2.52. The van der Waals surface area contributed by atoms with Crippen molar-refractivity contribution >= 4 is 29.1 Å². The van der Waals surface area contributed by atoms with Crippen molar-refractivity contribution < 1.29 is 14.3 Å². The number of hydrogen-bond acceptors (Lipinski definition) is 4. The monoisotopic (exact) mass is 367 g/mol. The van der Waals surface area contributed by atoms with E-state index < -0.39 is 0 Å². The van der Waals surface area contributed by atoms with Crippen LogP contribution in [0.25, 0.3) is 0 Å². The SMILES string of the molecule is C=C(C)CN(CC)C(=O)CN(C)CC(=O)Nc1cc(Cl)ccc1OC. The average molecular weight is 368 g/mol. The number of likely N-dealkylation sites (N-methyl/N-ethyl adjacent to an activating group) is 2. The molecule has 1 N–H and O–H groups in total. The van der Waals surface area contributed by atoms with Gasteiger partial charge in [0.05, 0.1) is 25.9 Å². The van der Waals surface area contributed by atoms with Crippen molar-refractivity contribution in [2.75, 3.05) is 45.7 Å². The van der Waals surface area contributed by atoms with Gasteiger partial charge < -0.3 is 15.0 Å². The molecule has 0 fully saturated rings. The van der Waals surface area contributed by atoms with Gasteiger partial charge in [0.25, 0.3) is 0 Å². The molecule has 0 unspecified atom stereocenters. The number of carbonyl (C=O) groups excluding carboxylic acids is 2. The third-order valence-corrected chi connectivity index (χ3v) is 3.68. The number of nitrogens with one attached hydrogen (secondary N) is 1. The van der Waals surface area contributed by atoms with Gasteiger partial charge in [-0.15, -0.1) is 0 Å². The molecule has 1 aromatic rings. The van der Waals surface area contributed by atoms with E-state index in [9.17, 15) is 9.59 Å². The minimum Gasteiger partial charge on any atom is -0.495 e. The highest BCUT2D eigenvalue weighted by molar-refractivity contribution is 6.31. The lowest BCUT2D eigenvalue weighted by Crippen LogP contribution is -2.41. The minimum absolute atomic E-state index is 0.0406. The van der Waals surface area contributed by atoms with Crippen LogP contribution >= 0.6 is 11.6 Å². The Morgan fingerprint density at radius 2 is 1.96 bits per heavy atom. The molecule has 1 aromatic carbocycles. The van der Waals surface area contributed by atoms with E-state index in [-0.39, 0.29) is 24.9 Å². The van der Waals surface area contributed by atoms with Crippen molar-refractivity contribution in [3.05, 3.63) is 35.4 Å². The van der Waals surface area contributed by atoms with Gasteiger partial charge in [-0.05, 0) is 39.1 Å². The van der Waals surface area contributed by atoms with Gasteiger partial charge in [-0.1, -0.05) is 23.8 Å². The molecule has 0 aliphatic heterocycles. The Labute approximate surface area is 154 Å². The first-order valence-corrected chi connectivity index (χ1v) is 8.38. The molecule has 25 heavy (non-hydrogen) atoms. The summed E-state index contributed by atoms with van der Waals surface area (Å²) in [5.41, 5.74) is 1.42. The van der Waals surface area contributed by atoms with Gasteiger partial charge in [0, 0.05) is 18.1 Å². The topological polar surface area (TPSA) is 61.9 Å². The van der Waals surface area contributed by atoms with Crippen molar-refractivity contribution in [1.29, 1.82) is 0 Å². The molecule has 0 saturated carbocycles. The van der Waals surface area contributed by atoms with Crippen LogP contribution in [0.2, 0.25) is 5.02 Å². The molecule has 0 aromatic heterocycles. The van der Waals surface area contributed by atoms with E-state index in [1.54, 1.807) is 35.0 Å². The maximum Gasteiger partial charge on any atom is 0.238 e. The van der Waals surface area contributed by atoms with Gasteiger partial charge in [0.15, 0.2) is 0 Å². The number of carbonyl (C=O) groups is 2. The van der Waals surface area contributed by atoms with Crippen LogP contribution in [0, 0.1) is 0 Å². The molecule has 2 amide bonds. The van der Waals surface area contributed by atoms with Crippen LogP contribution in [0.4, 0.5) is 5.69 Å². The molecule has 0 aliphatic carbocycles. The lowest BCUT2D eigenvalue weighted by Gasteiger charge is -2.24. The lowest BCUT2D eigenvalue weighted by atomic mass is 10.3. The van der Waals surface area contributed by atoms with E-state index in [1.807, 2.05) is 13.8 Å². The Balaban J connectivity index is 2.60. The van der Waals surface area contributed by atoms with Crippen molar-refractivity contribution in [3.63, 3.8) is 0 Å². The highest BCUT2D eigenvalue weighted by Crippen LogP contribution is 2.27. The maximum absolute atomic E-state index is 12.3. The molecule has 0 heterocycles. The van der Waals surface area contributed by atoms with Gasteiger partial charge in [-0.25, -0.2) is 0 Å². The molecular formula is C18H26ClN3O3. The number of methoxy groups -OCH3 is 1.